The number of sulfonamides is 1. The van der Waals surface area contributed by atoms with Gasteiger partial charge in [0.2, 0.25) is 11.8 Å². The highest BCUT2D eigenvalue weighted by Gasteiger charge is 2.24. The second-order valence-corrected chi connectivity index (χ2v) is 12.5. The van der Waals surface area contributed by atoms with Crippen LogP contribution in [-0.2, 0) is 26.8 Å². The Kier molecular flexibility index (Phi) is 10.2. The largest absolute Gasteiger partial charge is 0.475 e. The van der Waals surface area contributed by atoms with E-state index in [4.69, 9.17) is 9.47 Å². The van der Waals surface area contributed by atoms with Gasteiger partial charge < -0.3 is 19.9 Å². The summed E-state index contributed by atoms with van der Waals surface area (Å²) in [5, 5.41) is 12.3. The van der Waals surface area contributed by atoms with Crippen molar-refractivity contribution in [2.24, 2.45) is 0 Å². The van der Waals surface area contributed by atoms with Crippen LogP contribution in [0.2, 0.25) is 0 Å². The van der Waals surface area contributed by atoms with Crippen molar-refractivity contribution >= 4 is 21.8 Å². The number of nitrogens with one attached hydrogen (secondary N) is 2. The molecule has 3 aromatic carbocycles. The highest BCUT2D eigenvalue weighted by molar-refractivity contribution is 7.92. The Hall–Kier alpha value is -3.99. The van der Waals surface area contributed by atoms with Crippen LogP contribution in [0.15, 0.2) is 83.8 Å². The maximum atomic E-state index is 13.6. The zero-order chi connectivity index (χ0) is 30.2. The molecule has 0 saturated heterocycles. The topological polar surface area (TPSA) is 123 Å². The van der Waals surface area contributed by atoms with Gasteiger partial charge in [0.1, 0.15) is 6.61 Å². The van der Waals surface area contributed by atoms with E-state index in [9.17, 15) is 13.5 Å². The Labute approximate surface area is 248 Å². The first-order valence-corrected chi connectivity index (χ1v) is 15.3. The van der Waals surface area contributed by atoms with E-state index in [1.54, 1.807) is 12.1 Å². The molecule has 1 heterocycles. The molecule has 0 amide bonds. The number of aryl methyl sites for hydroxylation is 1. The maximum absolute atomic E-state index is 13.6. The summed E-state index contributed by atoms with van der Waals surface area (Å²) in [6.45, 7) is 9.07. The monoisotopic (exact) mass is 590 g/mol. The lowest BCUT2D eigenvalue weighted by atomic mass is 9.87. The van der Waals surface area contributed by atoms with Gasteiger partial charge in [0, 0.05) is 6.54 Å². The van der Waals surface area contributed by atoms with E-state index in [-0.39, 0.29) is 54.3 Å². The van der Waals surface area contributed by atoms with E-state index < -0.39 is 10.0 Å². The minimum atomic E-state index is -4.03. The smallest absolute Gasteiger partial charge is 0.263 e. The SMILES string of the molecule is Cc1ccc(-c2c(NS(=O)(=O)c3ccc(C(C)(C)C)cc3)nc(NCCO)nc2OCCOCc2ccccc2)cc1. The molecule has 0 saturated carbocycles. The van der Waals surface area contributed by atoms with Crippen LogP contribution in [0, 0.1) is 6.92 Å². The Bertz CT molecular complexity index is 1550. The molecule has 4 aromatic rings. The Morgan fingerprint density at radius 3 is 2.21 bits per heavy atom. The predicted octanol–water partition coefficient (Wildman–Crippen LogP) is 5.55. The standard InChI is InChI=1S/C32H38N4O5S/c1-23-10-12-25(13-11-23)28-29(36-42(38,39)27-16-14-26(15-17-27)32(2,3)4)34-31(33-18-19-37)35-30(28)41-21-20-40-22-24-8-6-5-7-9-24/h5-17,37H,18-22H2,1-4H3,(H2,33,34,35,36). The van der Waals surface area contributed by atoms with Crippen LogP contribution >= 0.6 is 0 Å². The second-order valence-electron chi connectivity index (χ2n) is 10.9. The van der Waals surface area contributed by atoms with Gasteiger partial charge in [-0.1, -0.05) is 93.1 Å². The first-order valence-electron chi connectivity index (χ1n) is 13.8. The van der Waals surface area contributed by atoms with E-state index in [2.05, 4.69) is 40.8 Å². The molecule has 0 aliphatic carbocycles. The van der Waals surface area contributed by atoms with Gasteiger partial charge in [-0.25, -0.2) is 8.42 Å². The Morgan fingerprint density at radius 2 is 1.57 bits per heavy atom. The average molecular weight is 591 g/mol. The third kappa shape index (κ3) is 8.28. The number of aliphatic hydroxyl groups is 1. The summed E-state index contributed by atoms with van der Waals surface area (Å²) in [7, 11) is -4.03. The normalized spacial score (nSPS) is 11.7. The third-order valence-corrected chi connectivity index (χ3v) is 7.81. The molecule has 0 spiro atoms. The average Bonchev–Trinajstić information content (AvgIpc) is 2.96. The highest BCUT2D eigenvalue weighted by atomic mass is 32.2. The summed E-state index contributed by atoms with van der Waals surface area (Å²) in [6.07, 6.45) is 0. The fourth-order valence-electron chi connectivity index (χ4n) is 4.13. The molecule has 0 aliphatic heterocycles. The number of hydrogen-bond acceptors (Lipinski definition) is 8. The fraction of sp³-hybridized carbons (Fsp3) is 0.312. The molecule has 1 aromatic heterocycles. The number of ether oxygens (including phenoxy) is 2. The molecule has 10 heteroatoms. The fourth-order valence-corrected chi connectivity index (χ4v) is 5.14. The van der Waals surface area contributed by atoms with Crippen LogP contribution < -0.4 is 14.8 Å². The van der Waals surface area contributed by atoms with Crippen molar-refractivity contribution in [2.45, 2.75) is 44.6 Å². The van der Waals surface area contributed by atoms with Gasteiger partial charge in [-0.2, -0.15) is 9.97 Å². The molecule has 9 nitrogen and oxygen atoms in total. The van der Waals surface area contributed by atoms with Gasteiger partial charge in [-0.3, -0.25) is 4.72 Å². The number of aliphatic hydroxyl groups excluding tert-OH is 1. The summed E-state index contributed by atoms with van der Waals surface area (Å²) in [4.78, 5) is 9.11. The molecule has 0 fully saturated rings. The molecule has 0 atom stereocenters. The lowest BCUT2D eigenvalue weighted by Gasteiger charge is -2.20. The summed E-state index contributed by atoms with van der Waals surface area (Å²) in [5.74, 6) is 0.341. The van der Waals surface area contributed by atoms with Crippen molar-refractivity contribution in [3.63, 3.8) is 0 Å². The van der Waals surface area contributed by atoms with Gasteiger partial charge in [-0.05, 0) is 41.2 Å². The quantitative estimate of drug-likeness (QED) is 0.173. The zero-order valence-corrected chi connectivity index (χ0v) is 25.2. The minimum absolute atomic E-state index is 0.0504. The van der Waals surface area contributed by atoms with E-state index in [1.807, 2.05) is 73.7 Å². The van der Waals surface area contributed by atoms with Gasteiger partial charge in [0.15, 0.2) is 5.82 Å². The highest BCUT2D eigenvalue weighted by Crippen LogP contribution is 2.37. The summed E-state index contributed by atoms with van der Waals surface area (Å²) >= 11 is 0. The van der Waals surface area contributed by atoms with Gasteiger partial charge >= 0.3 is 0 Å². The molecule has 222 valence electrons. The van der Waals surface area contributed by atoms with Crippen LogP contribution in [0.1, 0.15) is 37.5 Å². The van der Waals surface area contributed by atoms with Crippen molar-refractivity contribution in [3.8, 4) is 17.0 Å². The molecule has 3 N–H and O–H groups in total. The predicted molar refractivity (Wildman–Crippen MR) is 165 cm³/mol. The molecule has 4 rings (SSSR count). The van der Waals surface area contributed by atoms with Gasteiger partial charge in [0.25, 0.3) is 10.0 Å². The number of aromatic nitrogens is 2. The maximum Gasteiger partial charge on any atom is 0.263 e. The van der Waals surface area contributed by atoms with E-state index in [0.717, 1.165) is 16.7 Å². The van der Waals surface area contributed by atoms with Gasteiger partial charge in [0.05, 0.1) is 30.3 Å². The second kappa shape index (κ2) is 13.8. The van der Waals surface area contributed by atoms with Crippen LogP contribution in [-0.4, -0.2) is 49.9 Å². The van der Waals surface area contributed by atoms with Crippen LogP contribution in [0.4, 0.5) is 11.8 Å². The minimum Gasteiger partial charge on any atom is -0.475 e. The molecule has 0 bridgehead atoms. The number of benzene rings is 3. The zero-order valence-electron chi connectivity index (χ0n) is 24.4. The number of hydrogen-bond donors (Lipinski definition) is 3. The first kappa shape index (κ1) is 31.0. The van der Waals surface area contributed by atoms with E-state index >= 15 is 0 Å². The summed E-state index contributed by atoms with van der Waals surface area (Å²) in [6, 6.07) is 24.2. The molecule has 0 aliphatic rings. The molecule has 42 heavy (non-hydrogen) atoms. The van der Waals surface area contributed by atoms with Gasteiger partial charge in [-0.15, -0.1) is 0 Å². The van der Waals surface area contributed by atoms with Crippen molar-refractivity contribution in [1.82, 2.24) is 9.97 Å². The molecular weight excluding hydrogens is 552 g/mol. The number of rotatable bonds is 13. The molecular formula is C32H38N4O5S. The van der Waals surface area contributed by atoms with Crippen LogP contribution in [0.3, 0.4) is 0 Å². The Morgan fingerprint density at radius 1 is 0.881 bits per heavy atom. The first-order chi connectivity index (χ1) is 20.1. The van der Waals surface area contributed by atoms with E-state index in [0.29, 0.717) is 17.7 Å². The third-order valence-electron chi connectivity index (χ3n) is 6.45. The van der Waals surface area contributed by atoms with Crippen LogP contribution in [0.25, 0.3) is 11.1 Å². The number of anilines is 2. The summed E-state index contributed by atoms with van der Waals surface area (Å²) in [5.41, 5.74) is 4.05. The Balaban J connectivity index is 1.67. The van der Waals surface area contributed by atoms with Crippen molar-refractivity contribution in [2.75, 3.05) is 36.4 Å². The van der Waals surface area contributed by atoms with Crippen molar-refractivity contribution in [1.29, 1.82) is 0 Å². The van der Waals surface area contributed by atoms with Crippen LogP contribution in [0.5, 0.6) is 5.88 Å². The summed E-state index contributed by atoms with van der Waals surface area (Å²) < 4.78 is 41.7. The molecule has 0 radical (unpaired) electrons. The van der Waals surface area contributed by atoms with E-state index in [1.165, 1.54) is 0 Å². The number of nitrogens with zero attached hydrogens (tertiary/aromatic N) is 2. The lowest BCUT2D eigenvalue weighted by Crippen LogP contribution is -2.18. The van der Waals surface area contributed by atoms with Crippen molar-refractivity contribution in [3.05, 3.63) is 95.6 Å². The lowest BCUT2D eigenvalue weighted by molar-refractivity contribution is 0.0877. The molecule has 0 unspecified atom stereocenters. The van der Waals surface area contributed by atoms with Crippen molar-refractivity contribution < 1.29 is 23.0 Å².